The Morgan fingerprint density at radius 1 is 1.40 bits per heavy atom. The van der Waals surface area contributed by atoms with Crippen molar-refractivity contribution in [2.24, 2.45) is 5.41 Å². The van der Waals surface area contributed by atoms with Crippen molar-refractivity contribution in [1.29, 1.82) is 5.26 Å². The molecule has 2 amide bonds. The van der Waals surface area contributed by atoms with Gasteiger partial charge in [-0.1, -0.05) is 6.92 Å². The number of nitrogens with one attached hydrogen (secondary N) is 2. The number of hydrogen-bond donors (Lipinski definition) is 2. The molecule has 0 saturated carbocycles. The van der Waals surface area contributed by atoms with Crippen LogP contribution in [-0.2, 0) is 16.1 Å². The summed E-state index contributed by atoms with van der Waals surface area (Å²) in [5.41, 5.74) is -0.677. The van der Waals surface area contributed by atoms with E-state index in [0.29, 0.717) is 36.8 Å². The molecule has 3 rings (SSSR count). The molecule has 1 aliphatic rings. The SMILES string of the molecule is CC[C@]1(C#N)CCN(c2ccnc(Nc3cnn(CC(=O)NC(C)(C)C)c3)n2)C1=O. The summed E-state index contributed by atoms with van der Waals surface area (Å²) in [4.78, 5) is 34.9. The number of aromatic nitrogens is 4. The topological polar surface area (TPSA) is 129 Å². The van der Waals surface area contributed by atoms with Crippen molar-refractivity contribution >= 4 is 29.3 Å². The van der Waals surface area contributed by atoms with Crippen LogP contribution in [0.15, 0.2) is 24.7 Å². The van der Waals surface area contributed by atoms with Crippen molar-refractivity contribution in [3.63, 3.8) is 0 Å². The Kier molecular flexibility index (Phi) is 5.73. The Balaban J connectivity index is 1.68. The molecule has 0 bridgehead atoms. The van der Waals surface area contributed by atoms with E-state index in [4.69, 9.17) is 0 Å². The number of amides is 2. The minimum Gasteiger partial charge on any atom is -0.350 e. The molecule has 0 aromatic carbocycles. The first-order valence-electron chi connectivity index (χ1n) is 9.82. The van der Waals surface area contributed by atoms with Gasteiger partial charge in [0.05, 0.1) is 18.0 Å². The highest BCUT2D eigenvalue weighted by molar-refractivity contribution is 6.01. The average Bonchev–Trinajstić information content (AvgIpc) is 3.24. The first-order chi connectivity index (χ1) is 14.2. The monoisotopic (exact) mass is 410 g/mol. The van der Waals surface area contributed by atoms with Crippen LogP contribution in [0.3, 0.4) is 0 Å². The maximum atomic E-state index is 12.7. The highest BCUT2D eigenvalue weighted by atomic mass is 16.2. The second-order valence-corrected chi connectivity index (χ2v) is 8.34. The molecular weight excluding hydrogens is 384 g/mol. The number of hydrogen-bond acceptors (Lipinski definition) is 7. The summed E-state index contributed by atoms with van der Waals surface area (Å²) in [5, 5.41) is 19.5. The number of anilines is 3. The molecule has 3 heterocycles. The van der Waals surface area contributed by atoms with Gasteiger partial charge in [-0.2, -0.15) is 15.3 Å². The lowest BCUT2D eigenvalue weighted by Gasteiger charge is -2.20. The zero-order chi connectivity index (χ0) is 21.9. The van der Waals surface area contributed by atoms with E-state index in [1.165, 1.54) is 9.58 Å². The Morgan fingerprint density at radius 2 is 2.17 bits per heavy atom. The van der Waals surface area contributed by atoms with Gasteiger partial charge in [-0.15, -0.1) is 0 Å². The predicted octanol–water partition coefficient (Wildman–Crippen LogP) is 1.99. The van der Waals surface area contributed by atoms with Crippen LogP contribution >= 0.6 is 0 Å². The molecule has 0 aliphatic carbocycles. The van der Waals surface area contributed by atoms with E-state index < -0.39 is 5.41 Å². The van der Waals surface area contributed by atoms with Gasteiger partial charge in [0.1, 0.15) is 17.8 Å². The molecule has 1 saturated heterocycles. The lowest BCUT2D eigenvalue weighted by Crippen LogP contribution is -2.42. The largest absolute Gasteiger partial charge is 0.350 e. The summed E-state index contributed by atoms with van der Waals surface area (Å²) >= 11 is 0. The molecule has 2 aromatic heterocycles. The van der Waals surface area contributed by atoms with Gasteiger partial charge in [-0.05, 0) is 39.7 Å². The third-order valence-electron chi connectivity index (χ3n) is 4.86. The van der Waals surface area contributed by atoms with E-state index in [1.807, 2.05) is 27.7 Å². The van der Waals surface area contributed by atoms with Crippen molar-refractivity contribution < 1.29 is 9.59 Å². The highest BCUT2D eigenvalue weighted by Crippen LogP contribution is 2.36. The molecule has 1 aliphatic heterocycles. The van der Waals surface area contributed by atoms with E-state index in [2.05, 4.69) is 31.8 Å². The Labute approximate surface area is 175 Å². The van der Waals surface area contributed by atoms with Gasteiger partial charge >= 0.3 is 0 Å². The van der Waals surface area contributed by atoms with Crippen molar-refractivity contribution in [3.05, 3.63) is 24.7 Å². The maximum Gasteiger partial charge on any atom is 0.248 e. The summed E-state index contributed by atoms with van der Waals surface area (Å²) in [5.74, 6) is 0.375. The molecular formula is C20H26N8O2. The lowest BCUT2D eigenvalue weighted by atomic mass is 9.85. The van der Waals surface area contributed by atoms with Gasteiger partial charge in [-0.3, -0.25) is 19.2 Å². The van der Waals surface area contributed by atoms with Gasteiger partial charge in [0.2, 0.25) is 17.8 Å². The quantitative estimate of drug-likeness (QED) is 0.745. The van der Waals surface area contributed by atoms with Crippen molar-refractivity contribution in [1.82, 2.24) is 25.1 Å². The van der Waals surface area contributed by atoms with Crippen LogP contribution in [-0.4, -0.2) is 43.6 Å². The number of nitrogens with zero attached hydrogens (tertiary/aromatic N) is 6. The normalized spacial score (nSPS) is 18.9. The Morgan fingerprint density at radius 3 is 2.80 bits per heavy atom. The maximum absolute atomic E-state index is 12.7. The van der Waals surface area contributed by atoms with Crippen LogP contribution in [0.5, 0.6) is 0 Å². The highest BCUT2D eigenvalue weighted by Gasteiger charge is 2.46. The standard InChI is InChI=1S/C20H26N8O2/c1-5-20(13-21)7-9-28(17(20)30)15-6-8-22-18(25-15)24-14-10-23-27(11-14)12-16(29)26-19(2,3)4/h6,8,10-11H,5,7,9,12H2,1-4H3,(H,26,29)(H,22,24,25)/t20-/m1/s1. The second-order valence-electron chi connectivity index (χ2n) is 8.34. The van der Waals surface area contributed by atoms with E-state index in [0.717, 1.165) is 0 Å². The van der Waals surface area contributed by atoms with Crippen LogP contribution in [0.25, 0.3) is 0 Å². The zero-order valence-electron chi connectivity index (χ0n) is 17.6. The lowest BCUT2D eigenvalue weighted by molar-refractivity contribution is -0.124. The first kappa shape index (κ1) is 21.2. The fourth-order valence-electron chi connectivity index (χ4n) is 3.31. The minimum absolute atomic E-state index is 0.0926. The molecule has 2 N–H and O–H groups in total. The van der Waals surface area contributed by atoms with Gasteiger partial charge < -0.3 is 10.6 Å². The molecule has 30 heavy (non-hydrogen) atoms. The number of rotatable bonds is 6. The molecule has 0 unspecified atom stereocenters. The van der Waals surface area contributed by atoms with E-state index in [9.17, 15) is 14.9 Å². The van der Waals surface area contributed by atoms with Gasteiger partial charge in [-0.25, -0.2) is 4.98 Å². The fraction of sp³-hybridized carbons (Fsp3) is 0.500. The summed E-state index contributed by atoms with van der Waals surface area (Å²) in [6.45, 7) is 8.12. The number of carbonyl (C=O) groups is 2. The van der Waals surface area contributed by atoms with Crippen LogP contribution in [0.2, 0.25) is 0 Å². The average molecular weight is 410 g/mol. The number of nitriles is 1. The summed E-state index contributed by atoms with van der Waals surface area (Å²) in [6.07, 6.45) is 5.75. The van der Waals surface area contributed by atoms with E-state index in [1.54, 1.807) is 24.7 Å². The molecule has 1 atom stereocenters. The Bertz CT molecular complexity index is 987. The predicted molar refractivity (Wildman–Crippen MR) is 111 cm³/mol. The van der Waals surface area contributed by atoms with Crippen molar-refractivity contribution in [2.75, 3.05) is 16.8 Å². The third kappa shape index (κ3) is 4.56. The minimum atomic E-state index is -0.979. The molecule has 0 radical (unpaired) electrons. The van der Waals surface area contributed by atoms with Crippen LogP contribution in [0.1, 0.15) is 40.5 Å². The third-order valence-corrected chi connectivity index (χ3v) is 4.86. The number of carbonyl (C=O) groups excluding carboxylic acids is 2. The summed E-state index contributed by atoms with van der Waals surface area (Å²) < 4.78 is 1.51. The van der Waals surface area contributed by atoms with Crippen LogP contribution < -0.4 is 15.5 Å². The van der Waals surface area contributed by atoms with Crippen LogP contribution in [0, 0.1) is 16.7 Å². The van der Waals surface area contributed by atoms with E-state index >= 15 is 0 Å². The molecule has 10 heteroatoms. The summed E-state index contributed by atoms with van der Waals surface area (Å²) in [7, 11) is 0. The zero-order valence-corrected chi connectivity index (χ0v) is 17.6. The molecule has 10 nitrogen and oxygen atoms in total. The smallest absolute Gasteiger partial charge is 0.248 e. The molecule has 158 valence electrons. The van der Waals surface area contributed by atoms with Crippen molar-refractivity contribution in [2.45, 2.75) is 52.6 Å². The molecule has 2 aromatic rings. The Hall–Kier alpha value is -3.48. The fourth-order valence-corrected chi connectivity index (χ4v) is 3.31. The van der Waals surface area contributed by atoms with Gasteiger partial charge in [0, 0.05) is 24.5 Å². The van der Waals surface area contributed by atoms with Crippen LogP contribution in [0.4, 0.5) is 17.5 Å². The van der Waals surface area contributed by atoms with E-state index in [-0.39, 0.29) is 23.9 Å². The molecule has 0 spiro atoms. The first-order valence-corrected chi connectivity index (χ1v) is 9.82. The summed E-state index contributed by atoms with van der Waals surface area (Å²) in [6, 6.07) is 3.81. The van der Waals surface area contributed by atoms with Crippen molar-refractivity contribution in [3.8, 4) is 6.07 Å². The van der Waals surface area contributed by atoms with Gasteiger partial charge in [0.25, 0.3) is 0 Å². The molecule has 1 fully saturated rings. The second kappa shape index (κ2) is 8.10. The van der Waals surface area contributed by atoms with Gasteiger partial charge in [0.15, 0.2) is 0 Å².